The SMILES string of the molecule is CCOc1cccc2[nH]c(-c3ccco3)nc12.COc1cccc2[nH]c(-c3cccc(C)n3)nc12.Cc1ccc(-c2nc3ccc(CO)cc3[nH]2)c(O)c1.Fc1cc2[nH]c(-c3ccco3)nc2c(F)c1F. The lowest BCUT2D eigenvalue weighted by Crippen LogP contribution is -1.91. The maximum atomic E-state index is 13.4. The first-order chi connectivity index (χ1) is 34.5. The minimum Gasteiger partial charge on any atom is -0.507 e. The molecule has 0 radical (unpaired) electrons. The maximum Gasteiger partial charge on any atom is 0.196 e. The Hall–Kier alpha value is -9.16. The van der Waals surface area contributed by atoms with Gasteiger partial charge in [0.1, 0.15) is 45.3 Å². The molecule has 0 aliphatic heterocycles. The number of imidazole rings is 4. The highest BCUT2D eigenvalue weighted by Crippen LogP contribution is 2.31. The molecule has 12 rings (SSSR count). The Balaban J connectivity index is 0.000000117. The quantitative estimate of drug-likeness (QED) is 0.0788. The van der Waals surface area contributed by atoms with Gasteiger partial charge in [-0.15, -0.1) is 0 Å². The third kappa shape index (κ3) is 10.2. The standard InChI is InChI=1S/C15H14N2O2.C14H13N3O.C13H12N2O2.C11H5F3N2O/c1-9-2-4-11(14(19)6-9)15-16-12-5-3-10(8-18)7-13(12)17-15;1-9-5-3-7-11(15-9)14-16-10-6-4-8-12(18-2)13(10)17-14;1-2-16-10-6-3-5-9-12(10)15-13(14-9)11-7-4-8-17-11;12-5-4-6-10(9(14)8(5)13)16-11(15-6)7-2-1-3-17-7/h2-7,18-19H,8H2,1H3,(H,16,17);3-8H,1-2H3,(H,16,17);3-8H,2H2,1H3,(H,14,15);1-4H,(H,15,16). The summed E-state index contributed by atoms with van der Waals surface area (Å²) in [5.74, 6) is 1.08. The van der Waals surface area contributed by atoms with E-state index in [2.05, 4.69) is 44.9 Å². The van der Waals surface area contributed by atoms with Gasteiger partial charge in [0.05, 0.1) is 66.0 Å². The van der Waals surface area contributed by atoms with E-state index in [1.54, 1.807) is 31.6 Å². The van der Waals surface area contributed by atoms with Gasteiger partial charge >= 0.3 is 0 Å². The fraction of sp³-hybridized carbons (Fsp3) is 0.113. The number of aromatic nitrogens is 9. The lowest BCUT2D eigenvalue weighted by Gasteiger charge is -2.01. The summed E-state index contributed by atoms with van der Waals surface area (Å²) in [6.07, 6.45) is 3.05. The molecule has 7 aromatic heterocycles. The van der Waals surface area contributed by atoms with Crippen molar-refractivity contribution >= 4 is 44.1 Å². The number of nitrogens with one attached hydrogen (secondary N) is 4. The highest BCUT2D eigenvalue weighted by atomic mass is 19.2. The van der Waals surface area contributed by atoms with E-state index in [0.29, 0.717) is 23.8 Å². The van der Waals surface area contributed by atoms with Gasteiger partial charge < -0.3 is 48.5 Å². The van der Waals surface area contributed by atoms with E-state index in [1.807, 2.05) is 118 Å². The topological polar surface area (TPSA) is 213 Å². The number of aliphatic hydroxyl groups excluding tert-OH is 1. The van der Waals surface area contributed by atoms with Gasteiger partial charge in [-0.3, -0.25) is 0 Å². The smallest absolute Gasteiger partial charge is 0.196 e. The number of ether oxygens (including phenoxy) is 2. The molecule has 0 bridgehead atoms. The second-order valence-corrected chi connectivity index (χ2v) is 15.8. The summed E-state index contributed by atoms with van der Waals surface area (Å²) in [6, 6.07) is 36.3. The van der Waals surface area contributed by atoms with E-state index in [4.69, 9.17) is 23.4 Å². The number of hydrogen-bond acceptors (Lipinski definition) is 11. The molecular formula is C53H44F3N9O6. The molecule has 0 fully saturated rings. The predicted molar refractivity (Wildman–Crippen MR) is 263 cm³/mol. The average molecular weight is 960 g/mol. The number of halogens is 3. The van der Waals surface area contributed by atoms with Gasteiger partial charge in [0.2, 0.25) is 0 Å². The molecule has 0 aliphatic carbocycles. The van der Waals surface area contributed by atoms with Crippen molar-refractivity contribution in [3.63, 3.8) is 0 Å². The molecular weight excluding hydrogens is 916 g/mol. The first-order valence-electron chi connectivity index (χ1n) is 22.1. The molecule has 71 heavy (non-hydrogen) atoms. The number of fused-ring (bicyclic) bond motifs is 4. The first-order valence-corrected chi connectivity index (χ1v) is 22.1. The molecule has 12 aromatic rings. The number of para-hydroxylation sites is 2. The van der Waals surface area contributed by atoms with Crippen LogP contribution >= 0.6 is 0 Å². The van der Waals surface area contributed by atoms with Crippen LogP contribution in [0, 0.1) is 31.3 Å². The molecule has 0 aliphatic rings. The summed E-state index contributed by atoms with van der Waals surface area (Å²) in [6.45, 7) is 6.48. The van der Waals surface area contributed by atoms with Crippen LogP contribution in [0.3, 0.4) is 0 Å². The molecule has 18 heteroatoms. The van der Waals surface area contributed by atoms with Crippen LogP contribution in [0.25, 0.3) is 90.2 Å². The van der Waals surface area contributed by atoms with Crippen molar-refractivity contribution in [3.8, 4) is 63.3 Å². The molecule has 15 nitrogen and oxygen atoms in total. The summed E-state index contributed by atoms with van der Waals surface area (Å²) < 4.78 is 60.5. The predicted octanol–water partition coefficient (Wildman–Crippen LogP) is 12.1. The van der Waals surface area contributed by atoms with E-state index in [0.717, 1.165) is 90.6 Å². The summed E-state index contributed by atoms with van der Waals surface area (Å²) in [5, 5.41) is 19.1. The highest BCUT2D eigenvalue weighted by molar-refractivity contribution is 5.86. The first kappa shape index (κ1) is 46.9. The number of methoxy groups -OCH3 is 1. The average Bonchev–Trinajstić information content (AvgIpc) is 4.24. The van der Waals surface area contributed by atoms with Crippen molar-refractivity contribution in [1.29, 1.82) is 0 Å². The number of phenols is 1. The number of benzene rings is 5. The van der Waals surface area contributed by atoms with Gasteiger partial charge in [-0.05, 0) is 117 Å². The number of aromatic amines is 4. The van der Waals surface area contributed by atoms with E-state index in [9.17, 15) is 18.3 Å². The fourth-order valence-electron chi connectivity index (χ4n) is 7.49. The van der Waals surface area contributed by atoms with Crippen molar-refractivity contribution in [3.05, 3.63) is 168 Å². The van der Waals surface area contributed by atoms with Crippen LogP contribution in [-0.2, 0) is 6.61 Å². The Morgan fingerprint density at radius 2 is 1.21 bits per heavy atom. The number of aromatic hydroxyl groups is 1. The molecule has 6 N–H and O–H groups in total. The van der Waals surface area contributed by atoms with Crippen molar-refractivity contribution in [2.45, 2.75) is 27.4 Å². The van der Waals surface area contributed by atoms with Gasteiger partial charge in [-0.25, -0.2) is 38.1 Å². The van der Waals surface area contributed by atoms with Crippen molar-refractivity contribution in [1.82, 2.24) is 44.9 Å². The zero-order valence-corrected chi connectivity index (χ0v) is 38.5. The summed E-state index contributed by atoms with van der Waals surface area (Å²) >= 11 is 0. The highest BCUT2D eigenvalue weighted by Gasteiger charge is 2.19. The molecule has 0 unspecified atom stereocenters. The number of furan rings is 2. The Bertz CT molecular complexity index is 3750. The Morgan fingerprint density at radius 3 is 1.86 bits per heavy atom. The van der Waals surface area contributed by atoms with Crippen molar-refractivity contribution in [2.24, 2.45) is 0 Å². The molecule has 0 saturated heterocycles. The molecule has 5 aromatic carbocycles. The molecule has 0 amide bonds. The zero-order valence-electron chi connectivity index (χ0n) is 38.5. The van der Waals surface area contributed by atoms with Gasteiger partial charge in [0, 0.05) is 11.8 Å². The van der Waals surface area contributed by atoms with Gasteiger partial charge in [-0.2, -0.15) is 0 Å². The maximum absolute atomic E-state index is 13.4. The fourth-order valence-corrected chi connectivity index (χ4v) is 7.49. The van der Waals surface area contributed by atoms with Crippen LogP contribution in [0.15, 0.2) is 143 Å². The lowest BCUT2D eigenvalue weighted by atomic mass is 10.1. The number of aryl methyl sites for hydroxylation is 2. The summed E-state index contributed by atoms with van der Waals surface area (Å²) in [4.78, 5) is 34.1. The van der Waals surface area contributed by atoms with Crippen LogP contribution in [0.4, 0.5) is 13.2 Å². The van der Waals surface area contributed by atoms with E-state index < -0.39 is 17.5 Å². The van der Waals surface area contributed by atoms with Gasteiger partial charge in [-0.1, -0.05) is 30.3 Å². The van der Waals surface area contributed by atoms with E-state index in [1.165, 1.54) is 6.26 Å². The number of H-pyrrole nitrogens is 4. The van der Waals surface area contributed by atoms with Gasteiger partial charge in [0.25, 0.3) is 0 Å². The van der Waals surface area contributed by atoms with Crippen LogP contribution in [0.1, 0.15) is 23.7 Å². The molecule has 358 valence electrons. The molecule has 0 spiro atoms. The van der Waals surface area contributed by atoms with E-state index >= 15 is 0 Å². The summed E-state index contributed by atoms with van der Waals surface area (Å²) in [5.41, 5.74) is 9.36. The minimum atomic E-state index is -1.53. The van der Waals surface area contributed by atoms with Crippen LogP contribution in [0.2, 0.25) is 0 Å². The Morgan fingerprint density at radius 1 is 0.577 bits per heavy atom. The second kappa shape index (κ2) is 20.6. The van der Waals surface area contributed by atoms with Crippen molar-refractivity contribution in [2.75, 3.05) is 13.7 Å². The number of phenolic OH excluding ortho intramolecular Hbond substituents is 1. The third-order valence-electron chi connectivity index (χ3n) is 10.9. The van der Waals surface area contributed by atoms with E-state index in [-0.39, 0.29) is 29.2 Å². The number of pyridine rings is 1. The number of rotatable bonds is 8. The second-order valence-electron chi connectivity index (χ2n) is 15.8. The Kier molecular flexibility index (Phi) is 13.6. The van der Waals surface area contributed by atoms with Crippen LogP contribution in [0.5, 0.6) is 17.2 Å². The number of aliphatic hydroxyl groups is 1. The monoisotopic (exact) mass is 959 g/mol. The molecule has 7 heterocycles. The van der Waals surface area contributed by atoms with Crippen LogP contribution in [-0.4, -0.2) is 68.8 Å². The van der Waals surface area contributed by atoms with Crippen molar-refractivity contribution < 1.29 is 41.7 Å². The largest absolute Gasteiger partial charge is 0.507 e. The lowest BCUT2D eigenvalue weighted by molar-refractivity contribution is 0.282. The Labute approximate surface area is 402 Å². The van der Waals surface area contributed by atoms with Gasteiger partial charge in [0.15, 0.2) is 46.4 Å². The zero-order chi connectivity index (χ0) is 49.6. The molecule has 0 atom stereocenters. The normalized spacial score (nSPS) is 11.0. The minimum absolute atomic E-state index is 0.0000744. The number of hydrogen-bond donors (Lipinski definition) is 6. The molecule has 0 saturated carbocycles. The van der Waals surface area contributed by atoms with Crippen LogP contribution < -0.4 is 9.47 Å². The summed E-state index contributed by atoms with van der Waals surface area (Å²) in [7, 11) is 1.65. The third-order valence-corrected chi connectivity index (χ3v) is 10.9. The number of nitrogens with zero attached hydrogens (tertiary/aromatic N) is 5.